The first-order valence-electron chi connectivity index (χ1n) is 8.17. The average molecular weight is 315 g/mol. The molecule has 5 nitrogen and oxygen atoms in total. The number of rotatable bonds is 5. The molecule has 0 spiro atoms. The molecule has 4 atom stereocenters. The highest BCUT2D eigenvalue weighted by molar-refractivity contribution is 7.90. The zero-order valence-electron chi connectivity index (χ0n) is 12.4. The fourth-order valence-corrected chi connectivity index (χ4v) is 5.57. The molecule has 3 rings (SSSR count). The van der Waals surface area contributed by atoms with Crippen molar-refractivity contribution in [1.29, 1.82) is 0 Å². The Labute approximate surface area is 126 Å². The van der Waals surface area contributed by atoms with Crippen LogP contribution in [0.4, 0.5) is 0 Å². The van der Waals surface area contributed by atoms with Crippen LogP contribution in [0.25, 0.3) is 0 Å². The maximum atomic E-state index is 12.0. The Bertz CT molecular complexity index is 484. The van der Waals surface area contributed by atoms with Crippen molar-refractivity contribution in [2.45, 2.75) is 57.5 Å². The van der Waals surface area contributed by atoms with Gasteiger partial charge in [0.15, 0.2) is 0 Å². The third-order valence-electron chi connectivity index (χ3n) is 5.28. The van der Waals surface area contributed by atoms with E-state index in [1.807, 2.05) is 0 Å². The van der Waals surface area contributed by atoms with Gasteiger partial charge in [-0.15, -0.1) is 0 Å². The highest BCUT2D eigenvalue weighted by Gasteiger charge is 2.40. The second-order valence-corrected chi connectivity index (χ2v) is 8.70. The average Bonchev–Trinajstić information content (AvgIpc) is 3.00. The van der Waals surface area contributed by atoms with Crippen LogP contribution in [0, 0.1) is 17.8 Å². The fraction of sp³-hybridized carbons (Fsp3) is 0.933. The zero-order chi connectivity index (χ0) is 14.9. The van der Waals surface area contributed by atoms with Crippen LogP contribution in [-0.2, 0) is 19.6 Å². The van der Waals surface area contributed by atoms with Gasteiger partial charge in [0.2, 0.25) is 15.9 Å². The topological polar surface area (TPSA) is 72.5 Å². The molecule has 0 aromatic carbocycles. The molecule has 1 N–H and O–H groups in total. The number of carbonyl (C=O) groups excluding carboxylic acids is 1. The number of carbonyl (C=O) groups is 1. The lowest BCUT2D eigenvalue weighted by Crippen LogP contribution is -2.39. The van der Waals surface area contributed by atoms with Crippen LogP contribution < -0.4 is 4.72 Å². The number of amides is 1. The number of sulfonamides is 1. The van der Waals surface area contributed by atoms with Gasteiger partial charge in [-0.3, -0.25) is 9.52 Å². The molecule has 0 radical (unpaired) electrons. The summed E-state index contributed by atoms with van der Waals surface area (Å²) in [5.74, 6) is 1.40. The molecular formula is C15H25NO4S. The summed E-state index contributed by atoms with van der Waals surface area (Å²) in [6.45, 7) is 0.624. The van der Waals surface area contributed by atoms with Crippen molar-refractivity contribution in [3.05, 3.63) is 0 Å². The quantitative estimate of drug-likeness (QED) is 0.840. The number of nitrogens with one attached hydrogen (secondary N) is 1. The summed E-state index contributed by atoms with van der Waals surface area (Å²) in [6.07, 6.45) is 7.71. The summed E-state index contributed by atoms with van der Waals surface area (Å²) in [4.78, 5) is 12.0. The van der Waals surface area contributed by atoms with Crippen molar-refractivity contribution in [3.63, 3.8) is 0 Å². The minimum atomic E-state index is -3.56. The monoisotopic (exact) mass is 315 g/mol. The van der Waals surface area contributed by atoms with Crippen LogP contribution in [0.5, 0.6) is 0 Å². The van der Waals surface area contributed by atoms with Gasteiger partial charge < -0.3 is 4.74 Å². The van der Waals surface area contributed by atoms with Crippen LogP contribution >= 0.6 is 0 Å². The van der Waals surface area contributed by atoms with E-state index in [1.165, 1.54) is 19.3 Å². The summed E-state index contributed by atoms with van der Waals surface area (Å²) in [5, 5.41) is 0. The smallest absolute Gasteiger partial charge is 0.237 e. The molecule has 21 heavy (non-hydrogen) atoms. The summed E-state index contributed by atoms with van der Waals surface area (Å²) >= 11 is 0. The Morgan fingerprint density at radius 3 is 2.62 bits per heavy atom. The minimum Gasteiger partial charge on any atom is -0.377 e. The highest BCUT2D eigenvalue weighted by Crippen LogP contribution is 2.49. The van der Waals surface area contributed by atoms with Crippen LogP contribution in [0.3, 0.4) is 0 Å². The predicted molar refractivity (Wildman–Crippen MR) is 79.1 cm³/mol. The summed E-state index contributed by atoms with van der Waals surface area (Å²) < 4.78 is 31.7. The van der Waals surface area contributed by atoms with Gasteiger partial charge in [0.1, 0.15) is 0 Å². The fourth-order valence-electron chi connectivity index (χ4n) is 4.30. The van der Waals surface area contributed by atoms with E-state index in [4.69, 9.17) is 4.74 Å². The molecule has 2 saturated carbocycles. The van der Waals surface area contributed by atoms with Gasteiger partial charge >= 0.3 is 0 Å². The molecule has 0 aromatic rings. The minimum absolute atomic E-state index is 0.0878. The Balaban J connectivity index is 1.46. The molecule has 1 heterocycles. The molecular weight excluding hydrogens is 290 g/mol. The Hall–Kier alpha value is -0.620. The molecule has 0 unspecified atom stereocenters. The van der Waals surface area contributed by atoms with Crippen molar-refractivity contribution in [1.82, 2.24) is 4.72 Å². The molecule has 2 aliphatic carbocycles. The van der Waals surface area contributed by atoms with E-state index in [2.05, 4.69) is 4.72 Å². The summed E-state index contributed by atoms with van der Waals surface area (Å²) in [7, 11) is -3.56. The van der Waals surface area contributed by atoms with Crippen molar-refractivity contribution in [2.75, 3.05) is 12.4 Å². The van der Waals surface area contributed by atoms with Gasteiger partial charge in [-0.1, -0.05) is 6.42 Å². The number of fused-ring (bicyclic) bond motifs is 2. The molecule has 1 saturated heterocycles. The normalized spacial score (nSPS) is 35.8. The maximum absolute atomic E-state index is 12.0. The first-order chi connectivity index (χ1) is 10.0. The van der Waals surface area contributed by atoms with Gasteiger partial charge in [0.25, 0.3) is 0 Å². The van der Waals surface area contributed by atoms with Gasteiger partial charge in [-0.05, 0) is 56.3 Å². The van der Waals surface area contributed by atoms with E-state index in [1.54, 1.807) is 0 Å². The SMILES string of the molecule is O=C(C[C@@H]1C[C@H]2CC[C@H]1C2)NS(=O)(=O)C[C@@H]1CCCCO1. The lowest BCUT2D eigenvalue weighted by Gasteiger charge is -2.23. The second-order valence-electron chi connectivity index (χ2n) is 6.93. The Morgan fingerprint density at radius 1 is 1.14 bits per heavy atom. The van der Waals surface area contributed by atoms with Gasteiger partial charge in [0, 0.05) is 13.0 Å². The first-order valence-corrected chi connectivity index (χ1v) is 9.82. The van der Waals surface area contributed by atoms with Crippen LogP contribution in [-0.4, -0.2) is 32.8 Å². The van der Waals surface area contributed by atoms with E-state index in [0.717, 1.165) is 31.6 Å². The second kappa shape index (κ2) is 6.24. The van der Waals surface area contributed by atoms with Gasteiger partial charge in [-0.25, -0.2) is 8.42 Å². The lowest BCUT2D eigenvalue weighted by atomic mass is 9.86. The van der Waals surface area contributed by atoms with E-state index in [0.29, 0.717) is 24.9 Å². The summed E-state index contributed by atoms with van der Waals surface area (Å²) in [6, 6.07) is 0. The standard InChI is InChI=1S/C15H25NO4S/c17-15(9-13-8-11-4-5-12(13)7-11)16-21(18,19)10-14-3-1-2-6-20-14/h11-14H,1-10H2,(H,16,17)/t11-,12-,13-,14-/m0/s1. The molecule has 3 fully saturated rings. The van der Waals surface area contributed by atoms with Crippen LogP contribution in [0.2, 0.25) is 0 Å². The Morgan fingerprint density at radius 2 is 2.00 bits per heavy atom. The number of hydrogen-bond donors (Lipinski definition) is 1. The van der Waals surface area contributed by atoms with Crippen molar-refractivity contribution in [2.24, 2.45) is 17.8 Å². The largest absolute Gasteiger partial charge is 0.377 e. The third-order valence-corrected chi connectivity index (χ3v) is 6.63. The Kier molecular flexibility index (Phi) is 4.54. The summed E-state index contributed by atoms with van der Waals surface area (Å²) in [5.41, 5.74) is 0. The lowest BCUT2D eigenvalue weighted by molar-refractivity contribution is -0.120. The van der Waals surface area contributed by atoms with Crippen LogP contribution in [0.15, 0.2) is 0 Å². The van der Waals surface area contributed by atoms with Gasteiger partial charge in [0.05, 0.1) is 11.9 Å². The maximum Gasteiger partial charge on any atom is 0.237 e. The number of ether oxygens (including phenoxy) is 1. The van der Waals surface area contributed by atoms with Crippen molar-refractivity contribution in [3.8, 4) is 0 Å². The van der Waals surface area contributed by atoms with Crippen LogP contribution in [0.1, 0.15) is 51.4 Å². The molecule has 0 aromatic heterocycles. The molecule has 3 aliphatic rings. The van der Waals surface area contributed by atoms with E-state index in [9.17, 15) is 13.2 Å². The third kappa shape index (κ3) is 3.97. The number of hydrogen-bond acceptors (Lipinski definition) is 4. The van der Waals surface area contributed by atoms with E-state index in [-0.39, 0.29) is 17.8 Å². The van der Waals surface area contributed by atoms with E-state index < -0.39 is 10.0 Å². The molecule has 1 amide bonds. The highest BCUT2D eigenvalue weighted by atomic mass is 32.2. The van der Waals surface area contributed by atoms with Crippen molar-refractivity contribution >= 4 is 15.9 Å². The zero-order valence-corrected chi connectivity index (χ0v) is 13.2. The molecule has 120 valence electrons. The van der Waals surface area contributed by atoms with Gasteiger partial charge in [-0.2, -0.15) is 0 Å². The molecule has 2 bridgehead atoms. The predicted octanol–water partition coefficient (Wildman–Crippen LogP) is 1.83. The van der Waals surface area contributed by atoms with Crippen molar-refractivity contribution < 1.29 is 17.9 Å². The molecule has 1 aliphatic heterocycles. The van der Waals surface area contributed by atoms with E-state index >= 15 is 0 Å². The first kappa shape index (κ1) is 15.3. The molecule has 6 heteroatoms.